The summed E-state index contributed by atoms with van der Waals surface area (Å²) in [6.07, 6.45) is 7.71. The molecular formula is C15H22O2. The van der Waals surface area contributed by atoms with Crippen molar-refractivity contribution in [2.75, 3.05) is 6.61 Å². The van der Waals surface area contributed by atoms with E-state index in [1.165, 1.54) is 5.57 Å². The van der Waals surface area contributed by atoms with Gasteiger partial charge in [-0.25, -0.2) is 0 Å². The number of allylic oxidation sites excluding steroid dienone is 3. The SMILES string of the molecule is C=C1/C=C/[C@H](C(C)C)CC(=O)[C@]2(CCC1)CO2. The molecule has 0 radical (unpaired) electrons. The Bertz CT molecular complexity index is 348. The van der Waals surface area contributed by atoms with Crippen molar-refractivity contribution < 1.29 is 9.53 Å². The van der Waals surface area contributed by atoms with Gasteiger partial charge in [-0.05, 0) is 31.1 Å². The number of hydrogen-bond donors (Lipinski definition) is 0. The quantitative estimate of drug-likeness (QED) is 0.652. The maximum Gasteiger partial charge on any atom is 0.167 e. The Morgan fingerprint density at radius 1 is 1.53 bits per heavy atom. The third-order valence-corrected chi connectivity index (χ3v) is 3.94. The molecule has 0 aromatic heterocycles. The van der Waals surface area contributed by atoms with Crippen LogP contribution in [-0.4, -0.2) is 18.0 Å². The number of hydrogen-bond acceptors (Lipinski definition) is 2. The van der Waals surface area contributed by atoms with Gasteiger partial charge in [0.1, 0.15) is 5.60 Å². The highest BCUT2D eigenvalue weighted by molar-refractivity contribution is 5.90. The van der Waals surface area contributed by atoms with Crippen LogP contribution in [0.2, 0.25) is 0 Å². The number of rotatable bonds is 1. The van der Waals surface area contributed by atoms with E-state index in [4.69, 9.17) is 4.74 Å². The monoisotopic (exact) mass is 234 g/mol. The molecule has 1 saturated heterocycles. The molecule has 2 heteroatoms. The van der Waals surface area contributed by atoms with Gasteiger partial charge in [-0.15, -0.1) is 0 Å². The second-order valence-corrected chi connectivity index (χ2v) is 5.69. The summed E-state index contributed by atoms with van der Waals surface area (Å²) in [4.78, 5) is 12.2. The van der Waals surface area contributed by atoms with E-state index in [1.54, 1.807) is 0 Å². The van der Waals surface area contributed by atoms with Crippen molar-refractivity contribution in [1.82, 2.24) is 0 Å². The summed E-state index contributed by atoms with van der Waals surface area (Å²) in [5.74, 6) is 1.10. The lowest BCUT2D eigenvalue weighted by molar-refractivity contribution is -0.125. The van der Waals surface area contributed by atoms with Gasteiger partial charge in [-0.3, -0.25) is 4.79 Å². The van der Waals surface area contributed by atoms with Crippen molar-refractivity contribution in [3.63, 3.8) is 0 Å². The molecule has 2 aliphatic rings. The van der Waals surface area contributed by atoms with Crippen molar-refractivity contribution >= 4 is 5.78 Å². The summed E-state index contributed by atoms with van der Waals surface area (Å²) in [5, 5.41) is 0. The van der Waals surface area contributed by atoms with Crippen molar-refractivity contribution in [3.05, 3.63) is 24.3 Å². The van der Waals surface area contributed by atoms with Gasteiger partial charge in [0, 0.05) is 6.42 Å². The first-order chi connectivity index (χ1) is 8.03. The van der Waals surface area contributed by atoms with E-state index in [0.29, 0.717) is 30.6 Å². The zero-order chi connectivity index (χ0) is 12.5. The van der Waals surface area contributed by atoms with Crippen molar-refractivity contribution in [1.29, 1.82) is 0 Å². The lowest BCUT2D eigenvalue weighted by Crippen LogP contribution is -2.28. The molecule has 0 aromatic carbocycles. The highest BCUT2D eigenvalue weighted by Crippen LogP contribution is 2.38. The van der Waals surface area contributed by atoms with Crippen LogP contribution in [0.25, 0.3) is 0 Å². The average molecular weight is 234 g/mol. The summed E-state index contributed by atoms with van der Waals surface area (Å²) in [5.41, 5.74) is 0.749. The molecule has 2 rings (SSSR count). The Hall–Kier alpha value is -0.890. The Morgan fingerprint density at radius 2 is 2.24 bits per heavy atom. The average Bonchev–Trinajstić information content (AvgIpc) is 3.03. The lowest BCUT2D eigenvalue weighted by atomic mass is 9.83. The van der Waals surface area contributed by atoms with Gasteiger partial charge in [0.05, 0.1) is 6.61 Å². The molecule has 0 aromatic rings. The van der Waals surface area contributed by atoms with Crippen molar-refractivity contribution in [2.45, 2.75) is 45.1 Å². The van der Waals surface area contributed by atoms with E-state index in [9.17, 15) is 4.79 Å². The number of Topliss-reactive ketones (excluding diaryl/α,β-unsaturated/α-hetero) is 1. The van der Waals surface area contributed by atoms with Crippen molar-refractivity contribution in [2.24, 2.45) is 11.8 Å². The van der Waals surface area contributed by atoms with E-state index < -0.39 is 5.60 Å². The standard InChI is InChI=1S/C15H22O2/c1-11(2)13-7-6-12(3)5-4-8-15(10-17-15)14(16)9-13/h6-7,11,13H,3-5,8-10H2,1-2H3/b7-6+/t13-,15-/m0/s1. The second-order valence-electron chi connectivity index (χ2n) is 5.69. The maximum absolute atomic E-state index is 12.2. The van der Waals surface area contributed by atoms with Crippen LogP contribution in [0.5, 0.6) is 0 Å². The Labute approximate surface area is 104 Å². The van der Waals surface area contributed by atoms with Crippen LogP contribution < -0.4 is 0 Å². The molecule has 0 saturated carbocycles. The third kappa shape index (κ3) is 2.86. The Kier molecular flexibility index (Phi) is 3.53. The first-order valence-electron chi connectivity index (χ1n) is 6.57. The fourth-order valence-electron chi connectivity index (χ4n) is 2.40. The molecular weight excluding hydrogens is 212 g/mol. The molecule has 2 nitrogen and oxygen atoms in total. The van der Waals surface area contributed by atoms with Gasteiger partial charge in [0.15, 0.2) is 5.78 Å². The fourth-order valence-corrected chi connectivity index (χ4v) is 2.40. The van der Waals surface area contributed by atoms with Crippen LogP contribution in [0.4, 0.5) is 0 Å². The number of ketones is 1. The minimum absolute atomic E-state index is 0.299. The smallest absolute Gasteiger partial charge is 0.167 e. The zero-order valence-electron chi connectivity index (χ0n) is 10.9. The molecule has 1 fully saturated rings. The lowest BCUT2D eigenvalue weighted by Gasteiger charge is -2.20. The van der Waals surface area contributed by atoms with Crippen LogP contribution in [0.1, 0.15) is 39.5 Å². The molecule has 1 spiro atoms. The van der Waals surface area contributed by atoms with Crippen LogP contribution in [0.15, 0.2) is 24.3 Å². The summed E-state index contributed by atoms with van der Waals surface area (Å²) in [6.45, 7) is 9.02. The largest absolute Gasteiger partial charge is 0.361 e. The molecule has 0 bridgehead atoms. The summed E-state index contributed by atoms with van der Waals surface area (Å²) in [6, 6.07) is 0. The first kappa shape index (κ1) is 12.6. The Morgan fingerprint density at radius 3 is 2.82 bits per heavy atom. The predicted molar refractivity (Wildman–Crippen MR) is 68.8 cm³/mol. The summed E-state index contributed by atoms with van der Waals surface area (Å²) in [7, 11) is 0. The van der Waals surface area contributed by atoms with Crippen LogP contribution in [0.3, 0.4) is 0 Å². The van der Waals surface area contributed by atoms with Gasteiger partial charge in [0.25, 0.3) is 0 Å². The van der Waals surface area contributed by atoms with E-state index in [2.05, 4.69) is 32.6 Å². The van der Waals surface area contributed by atoms with Crippen molar-refractivity contribution in [3.8, 4) is 0 Å². The predicted octanol–water partition coefficient (Wildman–Crippen LogP) is 3.28. The fraction of sp³-hybridized carbons (Fsp3) is 0.667. The zero-order valence-corrected chi connectivity index (χ0v) is 10.9. The van der Waals surface area contributed by atoms with Crippen LogP contribution >= 0.6 is 0 Å². The van der Waals surface area contributed by atoms with Gasteiger partial charge >= 0.3 is 0 Å². The molecule has 1 aliphatic heterocycles. The number of ether oxygens (including phenoxy) is 1. The molecule has 1 heterocycles. The topological polar surface area (TPSA) is 29.6 Å². The normalized spacial score (nSPS) is 36.3. The molecule has 0 amide bonds. The van der Waals surface area contributed by atoms with Gasteiger partial charge < -0.3 is 4.74 Å². The highest BCUT2D eigenvalue weighted by Gasteiger charge is 2.51. The van der Waals surface area contributed by atoms with Gasteiger partial charge in [0.2, 0.25) is 0 Å². The molecule has 0 N–H and O–H groups in total. The molecule has 0 unspecified atom stereocenters. The van der Waals surface area contributed by atoms with E-state index in [-0.39, 0.29) is 0 Å². The number of epoxide rings is 1. The minimum Gasteiger partial charge on any atom is -0.361 e. The molecule has 1 aliphatic carbocycles. The third-order valence-electron chi connectivity index (χ3n) is 3.94. The Balaban J connectivity index is 2.15. The minimum atomic E-state index is -0.418. The summed E-state index contributed by atoms with van der Waals surface area (Å²) < 4.78 is 5.44. The van der Waals surface area contributed by atoms with E-state index >= 15 is 0 Å². The molecule has 2 atom stereocenters. The highest BCUT2D eigenvalue weighted by atomic mass is 16.6. The number of carbonyl (C=O) groups excluding carboxylic acids is 1. The second kappa shape index (κ2) is 4.77. The van der Waals surface area contributed by atoms with E-state index in [0.717, 1.165) is 19.3 Å². The van der Waals surface area contributed by atoms with Crippen LogP contribution in [0, 0.1) is 11.8 Å². The first-order valence-corrected chi connectivity index (χ1v) is 6.57. The molecule has 94 valence electrons. The molecule has 17 heavy (non-hydrogen) atoms. The number of carbonyl (C=O) groups is 1. The van der Waals surface area contributed by atoms with Gasteiger partial charge in [-0.2, -0.15) is 0 Å². The maximum atomic E-state index is 12.2. The summed E-state index contributed by atoms with van der Waals surface area (Å²) >= 11 is 0. The van der Waals surface area contributed by atoms with Gasteiger partial charge in [-0.1, -0.05) is 38.2 Å². The van der Waals surface area contributed by atoms with E-state index in [1.807, 2.05) is 0 Å². The van der Waals surface area contributed by atoms with Crippen LogP contribution in [-0.2, 0) is 9.53 Å².